The SMILES string of the molecule is CC(C)(C)c1cc2c3c(c1)c1cc4ccccc4cc1n3-c1cc(-c3cccc(F)c3)cc3c1B2c1cc(C(C)(C)C)cc2c4cc5ccccc5cc4n-3c12. The minimum Gasteiger partial charge on any atom is -0.310 e. The van der Waals surface area contributed by atoms with Crippen LogP contribution in [-0.4, -0.2) is 15.8 Å². The van der Waals surface area contributed by atoms with Crippen molar-refractivity contribution in [3.63, 3.8) is 0 Å². The smallest absolute Gasteiger partial charge is 0.252 e. The van der Waals surface area contributed by atoms with Crippen molar-refractivity contribution in [3.05, 3.63) is 150 Å². The predicted octanol–water partition coefficient (Wildman–Crippen LogP) is 11.7. The molecule has 8 aromatic carbocycles. The molecule has 12 rings (SSSR count). The Balaban J connectivity index is 1.35. The van der Waals surface area contributed by atoms with Gasteiger partial charge in [-0.3, -0.25) is 0 Å². The maximum absolute atomic E-state index is 15.1. The Morgan fingerprint density at radius 3 is 1.36 bits per heavy atom. The van der Waals surface area contributed by atoms with Crippen LogP contribution in [0.3, 0.4) is 0 Å². The van der Waals surface area contributed by atoms with Gasteiger partial charge in [-0.2, -0.15) is 0 Å². The fourth-order valence-corrected chi connectivity index (χ4v) is 10.1. The number of rotatable bonds is 1. The van der Waals surface area contributed by atoms with Crippen LogP contribution in [0.25, 0.3) is 87.7 Å². The molecule has 4 heteroatoms. The van der Waals surface area contributed by atoms with E-state index in [1.807, 2.05) is 12.1 Å². The van der Waals surface area contributed by atoms with E-state index in [1.54, 1.807) is 6.07 Å². The van der Waals surface area contributed by atoms with Gasteiger partial charge in [-0.25, -0.2) is 4.39 Å². The largest absolute Gasteiger partial charge is 0.310 e. The minimum absolute atomic E-state index is 0.00591. The third-order valence-corrected chi connectivity index (χ3v) is 12.9. The fourth-order valence-electron chi connectivity index (χ4n) is 10.1. The van der Waals surface area contributed by atoms with Gasteiger partial charge >= 0.3 is 0 Å². The van der Waals surface area contributed by atoms with Gasteiger partial charge in [0, 0.05) is 44.0 Å². The Morgan fingerprint density at radius 2 is 0.911 bits per heavy atom. The molecule has 0 bridgehead atoms. The topological polar surface area (TPSA) is 9.86 Å². The summed E-state index contributed by atoms with van der Waals surface area (Å²) < 4.78 is 20.2. The van der Waals surface area contributed by atoms with E-state index in [2.05, 4.69) is 160 Å². The summed E-state index contributed by atoms with van der Waals surface area (Å²) in [6.45, 7) is 14.0. The second kappa shape index (κ2) is 10.6. The summed E-state index contributed by atoms with van der Waals surface area (Å²) in [5.41, 5.74) is 15.7. The van der Waals surface area contributed by atoms with Crippen molar-refractivity contribution in [3.8, 4) is 22.5 Å². The van der Waals surface area contributed by atoms with Gasteiger partial charge in [-0.05, 0) is 132 Å². The first-order valence-electron chi connectivity index (χ1n) is 19.9. The Bertz CT molecular complexity index is 3200. The summed E-state index contributed by atoms with van der Waals surface area (Å²) in [7, 11) is 0. The van der Waals surface area contributed by atoms with E-state index in [1.165, 1.54) is 110 Å². The van der Waals surface area contributed by atoms with E-state index < -0.39 is 0 Å². The average Bonchev–Trinajstić information content (AvgIpc) is 3.67. The number of aromatic nitrogens is 2. The first-order valence-corrected chi connectivity index (χ1v) is 19.9. The van der Waals surface area contributed by atoms with E-state index in [9.17, 15) is 0 Å². The lowest BCUT2D eigenvalue weighted by Gasteiger charge is -2.36. The van der Waals surface area contributed by atoms with Gasteiger partial charge < -0.3 is 9.13 Å². The van der Waals surface area contributed by atoms with E-state index in [4.69, 9.17) is 0 Å². The molecule has 0 amide bonds. The van der Waals surface area contributed by atoms with Crippen LogP contribution in [0.2, 0.25) is 0 Å². The van der Waals surface area contributed by atoms with Crippen molar-refractivity contribution < 1.29 is 4.39 Å². The Hall–Kier alpha value is -6.13. The molecule has 0 aliphatic carbocycles. The van der Waals surface area contributed by atoms with Crippen LogP contribution >= 0.6 is 0 Å². The quantitative estimate of drug-likeness (QED) is 0.149. The normalized spacial score (nSPS) is 13.6. The summed E-state index contributed by atoms with van der Waals surface area (Å²) in [4.78, 5) is 0. The van der Waals surface area contributed by atoms with E-state index in [-0.39, 0.29) is 23.4 Å². The van der Waals surface area contributed by atoms with Crippen molar-refractivity contribution in [2.75, 3.05) is 0 Å². The number of halogens is 1. The van der Waals surface area contributed by atoms with Crippen LogP contribution in [0.1, 0.15) is 52.7 Å². The van der Waals surface area contributed by atoms with Gasteiger partial charge in [0.05, 0.1) is 11.0 Å². The van der Waals surface area contributed by atoms with Crippen molar-refractivity contribution >= 4 is 88.3 Å². The predicted molar refractivity (Wildman–Crippen MR) is 238 cm³/mol. The molecule has 2 aromatic heterocycles. The highest BCUT2D eigenvalue weighted by Crippen LogP contribution is 2.44. The lowest BCUT2D eigenvalue weighted by atomic mass is 9.34. The van der Waals surface area contributed by atoms with Crippen LogP contribution in [0, 0.1) is 5.82 Å². The Kier molecular flexibility index (Phi) is 6.08. The van der Waals surface area contributed by atoms with Crippen LogP contribution in [0.4, 0.5) is 4.39 Å². The number of hydrogen-bond acceptors (Lipinski definition) is 0. The summed E-state index contributed by atoms with van der Waals surface area (Å²) in [6, 6.07) is 48.8. The molecule has 0 atom stereocenters. The molecule has 0 N–H and O–H groups in total. The summed E-state index contributed by atoms with van der Waals surface area (Å²) in [6.07, 6.45) is 0. The lowest BCUT2D eigenvalue weighted by Crippen LogP contribution is -2.59. The van der Waals surface area contributed by atoms with Crippen molar-refractivity contribution in [2.24, 2.45) is 0 Å². The third-order valence-electron chi connectivity index (χ3n) is 12.9. The van der Waals surface area contributed by atoms with Crippen molar-refractivity contribution in [2.45, 2.75) is 52.4 Å². The third kappa shape index (κ3) is 4.22. The molecule has 4 heterocycles. The molecular formula is C52H40BFN2. The van der Waals surface area contributed by atoms with Gasteiger partial charge in [-0.15, -0.1) is 0 Å². The number of nitrogens with zero attached hydrogens (tertiary/aromatic N) is 2. The maximum Gasteiger partial charge on any atom is 0.252 e. The molecular weight excluding hydrogens is 682 g/mol. The number of benzene rings is 8. The second-order valence-corrected chi connectivity index (χ2v) is 18.4. The second-order valence-electron chi connectivity index (χ2n) is 18.4. The Labute approximate surface area is 325 Å². The molecule has 56 heavy (non-hydrogen) atoms. The highest BCUT2D eigenvalue weighted by Gasteiger charge is 2.42. The van der Waals surface area contributed by atoms with E-state index in [0.29, 0.717) is 0 Å². The summed E-state index contributed by atoms with van der Waals surface area (Å²) >= 11 is 0. The zero-order valence-corrected chi connectivity index (χ0v) is 32.6. The van der Waals surface area contributed by atoms with Gasteiger partial charge in [0.2, 0.25) is 0 Å². The molecule has 0 spiro atoms. The molecule has 2 aliphatic rings. The van der Waals surface area contributed by atoms with Crippen LogP contribution in [-0.2, 0) is 10.8 Å². The van der Waals surface area contributed by atoms with Gasteiger partial charge in [0.25, 0.3) is 6.71 Å². The first kappa shape index (κ1) is 32.1. The first-order chi connectivity index (χ1) is 26.9. The van der Waals surface area contributed by atoms with Crippen molar-refractivity contribution in [1.82, 2.24) is 9.13 Å². The average molecular weight is 723 g/mol. The molecule has 2 nitrogen and oxygen atoms in total. The molecule has 0 radical (unpaired) electrons. The molecule has 2 aliphatic heterocycles. The van der Waals surface area contributed by atoms with Crippen molar-refractivity contribution in [1.29, 1.82) is 0 Å². The standard InChI is InChI=1S/C52H40BFN2/c1-51(2,3)35-25-40-38-19-30-12-7-9-14-32(30)21-44(38)55-46-23-34(29-16-11-17-37(54)18-29)24-47-48(46)53(42(27-35)49(40)55)43-28-36(52(4,5)6)26-41-39-20-31-13-8-10-15-33(31)22-45(39)56(47)50(41)43/h7-28H,1-6H3. The molecule has 0 fully saturated rings. The lowest BCUT2D eigenvalue weighted by molar-refractivity contribution is 0.591. The van der Waals surface area contributed by atoms with Crippen LogP contribution in [0.5, 0.6) is 0 Å². The Morgan fingerprint density at radius 1 is 0.446 bits per heavy atom. The summed E-state index contributed by atoms with van der Waals surface area (Å²) in [5, 5.41) is 10.0. The fraction of sp³-hybridized carbons (Fsp3) is 0.154. The minimum atomic E-state index is -0.229. The highest BCUT2D eigenvalue weighted by molar-refractivity contribution is 7.00. The van der Waals surface area contributed by atoms with Gasteiger partial charge in [0.15, 0.2) is 0 Å². The monoisotopic (exact) mass is 722 g/mol. The molecule has 0 saturated carbocycles. The molecule has 10 aromatic rings. The van der Waals surface area contributed by atoms with Gasteiger partial charge in [-0.1, -0.05) is 114 Å². The highest BCUT2D eigenvalue weighted by atomic mass is 19.1. The number of fused-ring (bicyclic) bond motifs is 12. The summed E-state index contributed by atoms with van der Waals surface area (Å²) in [5.74, 6) is -0.229. The number of hydrogen-bond donors (Lipinski definition) is 0. The molecule has 0 unspecified atom stereocenters. The zero-order chi connectivity index (χ0) is 38.0. The zero-order valence-electron chi connectivity index (χ0n) is 32.6. The van der Waals surface area contributed by atoms with Gasteiger partial charge in [0.1, 0.15) is 5.82 Å². The van der Waals surface area contributed by atoms with Crippen LogP contribution in [0.15, 0.2) is 133 Å². The van der Waals surface area contributed by atoms with E-state index >= 15 is 4.39 Å². The van der Waals surface area contributed by atoms with E-state index in [0.717, 1.165) is 11.1 Å². The maximum atomic E-state index is 15.1. The molecule has 268 valence electrons. The van der Waals surface area contributed by atoms with Crippen LogP contribution < -0.4 is 16.4 Å². The molecule has 0 saturated heterocycles.